The smallest absolute Gasteiger partial charge is 0.274 e. The summed E-state index contributed by atoms with van der Waals surface area (Å²) in [6.07, 6.45) is 0.873. The van der Waals surface area contributed by atoms with E-state index in [1.54, 1.807) is 41.1 Å². The van der Waals surface area contributed by atoms with Crippen LogP contribution in [0.15, 0.2) is 41.2 Å². The van der Waals surface area contributed by atoms with E-state index in [4.69, 9.17) is 14.9 Å². The van der Waals surface area contributed by atoms with Crippen LogP contribution in [0.25, 0.3) is 21.6 Å². The molecule has 8 nitrogen and oxygen atoms in total. The summed E-state index contributed by atoms with van der Waals surface area (Å²) in [5.41, 5.74) is 6.66. The molecule has 1 aliphatic heterocycles. The average Bonchev–Trinajstić information content (AvgIpc) is 3.21. The molecule has 2 aromatic heterocycles. The van der Waals surface area contributed by atoms with Crippen LogP contribution in [0.2, 0.25) is 0 Å². The van der Waals surface area contributed by atoms with Crippen LogP contribution in [-0.2, 0) is 19.6 Å². The lowest BCUT2D eigenvalue weighted by Crippen LogP contribution is -2.25. The van der Waals surface area contributed by atoms with E-state index in [1.165, 1.54) is 4.88 Å². The molecule has 3 heterocycles. The molecular weight excluding hydrogens is 464 g/mol. The van der Waals surface area contributed by atoms with E-state index in [2.05, 4.69) is 16.9 Å². The van der Waals surface area contributed by atoms with Gasteiger partial charge in [-0.25, -0.2) is 10.5 Å². The number of fused-ring (bicyclic) bond motifs is 3. The van der Waals surface area contributed by atoms with Crippen molar-refractivity contribution < 1.29 is 14.7 Å². The fourth-order valence-corrected chi connectivity index (χ4v) is 5.85. The van der Waals surface area contributed by atoms with Gasteiger partial charge in [-0.1, -0.05) is 12.1 Å². The number of aromatic nitrogens is 2. The molecule has 0 radical (unpaired) electrons. The van der Waals surface area contributed by atoms with E-state index in [0.717, 1.165) is 63.3 Å². The van der Waals surface area contributed by atoms with Gasteiger partial charge in [-0.3, -0.25) is 14.8 Å². The number of aromatic amines is 1. The van der Waals surface area contributed by atoms with Crippen LogP contribution in [0.4, 0.5) is 0 Å². The molecular formula is C26H26N4O4S. The van der Waals surface area contributed by atoms with E-state index in [1.807, 2.05) is 26.0 Å². The Kier molecular flexibility index (Phi) is 6.14. The van der Waals surface area contributed by atoms with Gasteiger partial charge in [0, 0.05) is 29.1 Å². The zero-order valence-corrected chi connectivity index (χ0v) is 20.6. The number of likely N-dealkylation sites (N-methyl/N-ethyl adjacent to an activating group) is 1. The van der Waals surface area contributed by atoms with E-state index >= 15 is 0 Å². The molecule has 180 valence electrons. The number of aryl methyl sites for hydroxylation is 2. The third kappa shape index (κ3) is 4.45. The first-order valence-electron chi connectivity index (χ1n) is 11.3. The zero-order valence-electron chi connectivity index (χ0n) is 19.8. The molecule has 9 heteroatoms. The Hall–Kier alpha value is -3.53. The van der Waals surface area contributed by atoms with Crippen molar-refractivity contribution in [2.24, 2.45) is 0 Å². The quantitative estimate of drug-likeness (QED) is 0.289. The number of thiophene rings is 1. The molecule has 0 saturated carbocycles. The third-order valence-corrected chi connectivity index (χ3v) is 7.45. The van der Waals surface area contributed by atoms with Gasteiger partial charge in [-0.05, 0) is 73.8 Å². The van der Waals surface area contributed by atoms with Gasteiger partial charge in [0.15, 0.2) is 0 Å². The fourth-order valence-electron chi connectivity index (χ4n) is 4.55. The summed E-state index contributed by atoms with van der Waals surface area (Å²) < 4.78 is 6.09. The first-order chi connectivity index (χ1) is 16.8. The van der Waals surface area contributed by atoms with Crippen LogP contribution in [0.3, 0.4) is 0 Å². The van der Waals surface area contributed by atoms with Gasteiger partial charge in [0.25, 0.3) is 11.5 Å². The van der Waals surface area contributed by atoms with E-state index in [9.17, 15) is 9.59 Å². The summed E-state index contributed by atoms with van der Waals surface area (Å²) in [5, 5.41) is 9.48. The molecule has 2 aromatic carbocycles. The number of nitrogens with one attached hydrogen (secondary N) is 2. The molecule has 0 saturated heterocycles. The molecule has 5 rings (SSSR count). The summed E-state index contributed by atoms with van der Waals surface area (Å²) in [4.78, 5) is 36.6. The van der Waals surface area contributed by atoms with Crippen molar-refractivity contribution in [2.45, 2.75) is 33.4 Å². The number of ether oxygens (including phenoxy) is 1. The highest BCUT2D eigenvalue weighted by molar-refractivity contribution is 7.18. The van der Waals surface area contributed by atoms with Crippen LogP contribution < -0.4 is 15.8 Å². The second-order valence-corrected chi connectivity index (χ2v) is 10.0. The van der Waals surface area contributed by atoms with Crippen molar-refractivity contribution in [1.29, 1.82) is 0 Å². The Bertz CT molecular complexity index is 1470. The highest BCUT2D eigenvalue weighted by Gasteiger charge is 2.22. The normalized spacial score (nSPS) is 13.6. The van der Waals surface area contributed by atoms with Crippen LogP contribution in [0, 0.1) is 13.8 Å². The van der Waals surface area contributed by atoms with Crippen molar-refractivity contribution in [3.63, 3.8) is 0 Å². The van der Waals surface area contributed by atoms with Crippen molar-refractivity contribution in [1.82, 2.24) is 20.3 Å². The van der Waals surface area contributed by atoms with Gasteiger partial charge < -0.3 is 14.6 Å². The molecule has 0 aliphatic carbocycles. The first-order valence-corrected chi connectivity index (χ1v) is 12.2. The second-order valence-electron chi connectivity index (χ2n) is 8.95. The number of hydroxylamine groups is 1. The van der Waals surface area contributed by atoms with Gasteiger partial charge in [0.2, 0.25) is 0 Å². The lowest BCUT2D eigenvalue weighted by atomic mass is 10.0. The molecule has 1 amide bonds. The molecule has 0 unspecified atom stereocenters. The van der Waals surface area contributed by atoms with Gasteiger partial charge >= 0.3 is 0 Å². The SMILES string of the molecule is Cc1cc(-c2nc3sc4c(c3c(=O)[nH]2)CCN(C)C4)cc(C)c1OCc1ccc(C(=O)NO)cc1. The minimum atomic E-state index is -0.556. The number of hydrogen-bond donors (Lipinski definition) is 3. The number of benzene rings is 2. The van der Waals surface area contributed by atoms with Gasteiger partial charge in [0.05, 0.1) is 5.39 Å². The van der Waals surface area contributed by atoms with Crippen molar-refractivity contribution in [3.05, 3.63) is 79.4 Å². The van der Waals surface area contributed by atoms with Gasteiger partial charge in [-0.2, -0.15) is 0 Å². The molecule has 1 aliphatic rings. The first kappa shape index (κ1) is 23.2. The number of H-pyrrole nitrogens is 1. The summed E-state index contributed by atoms with van der Waals surface area (Å²) in [6.45, 7) is 6.07. The van der Waals surface area contributed by atoms with E-state index in [0.29, 0.717) is 18.0 Å². The summed E-state index contributed by atoms with van der Waals surface area (Å²) in [6, 6.07) is 10.8. The molecule has 0 fully saturated rings. The average molecular weight is 491 g/mol. The van der Waals surface area contributed by atoms with E-state index in [-0.39, 0.29) is 5.56 Å². The minimum Gasteiger partial charge on any atom is -0.488 e. The molecule has 35 heavy (non-hydrogen) atoms. The Morgan fingerprint density at radius 2 is 1.94 bits per heavy atom. The zero-order chi connectivity index (χ0) is 24.7. The highest BCUT2D eigenvalue weighted by Crippen LogP contribution is 2.34. The number of amides is 1. The maximum Gasteiger partial charge on any atom is 0.274 e. The second kappa shape index (κ2) is 9.26. The maximum atomic E-state index is 13.0. The van der Waals surface area contributed by atoms with Crippen LogP contribution >= 0.6 is 11.3 Å². The Morgan fingerprint density at radius 1 is 1.23 bits per heavy atom. The Balaban J connectivity index is 1.40. The number of carbonyl (C=O) groups excluding carboxylic acids is 1. The van der Waals surface area contributed by atoms with Crippen molar-refractivity contribution in [3.8, 4) is 17.1 Å². The van der Waals surface area contributed by atoms with Gasteiger partial charge in [0.1, 0.15) is 23.0 Å². The monoisotopic (exact) mass is 490 g/mol. The number of hydrogen-bond acceptors (Lipinski definition) is 7. The van der Waals surface area contributed by atoms with Crippen LogP contribution in [0.5, 0.6) is 5.75 Å². The topological polar surface area (TPSA) is 108 Å². The van der Waals surface area contributed by atoms with Crippen LogP contribution in [-0.4, -0.2) is 39.6 Å². The number of rotatable bonds is 5. The van der Waals surface area contributed by atoms with Gasteiger partial charge in [-0.15, -0.1) is 11.3 Å². The standard InChI is InChI=1S/C26H26N4O4S/c1-14-10-18(11-15(2)22(14)34-13-16-4-6-17(7-5-16)24(31)29-33)23-27-25(32)21-19-8-9-30(3)12-20(19)35-26(21)28-23/h4-7,10-11,33H,8-9,12-13H2,1-3H3,(H,29,31)(H,27,28,32). The summed E-state index contributed by atoms with van der Waals surface area (Å²) >= 11 is 1.61. The predicted octanol–water partition coefficient (Wildman–Crippen LogP) is 3.95. The Morgan fingerprint density at radius 3 is 2.63 bits per heavy atom. The summed E-state index contributed by atoms with van der Waals surface area (Å²) in [5.74, 6) is 0.772. The molecule has 4 aromatic rings. The Labute approximate surface area is 206 Å². The van der Waals surface area contributed by atoms with Crippen molar-refractivity contribution >= 4 is 27.5 Å². The molecule has 0 bridgehead atoms. The number of carbonyl (C=O) groups is 1. The fraction of sp³-hybridized carbons (Fsp3) is 0.269. The highest BCUT2D eigenvalue weighted by atomic mass is 32.1. The predicted molar refractivity (Wildman–Crippen MR) is 135 cm³/mol. The largest absolute Gasteiger partial charge is 0.488 e. The number of nitrogens with zero attached hydrogens (tertiary/aromatic N) is 2. The maximum absolute atomic E-state index is 13.0. The lowest BCUT2D eigenvalue weighted by Gasteiger charge is -2.21. The minimum absolute atomic E-state index is 0.0824. The molecule has 0 spiro atoms. The third-order valence-electron chi connectivity index (χ3n) is 6.34. The molecule has 0 atom stereocenters. The molecule has 3 N–H and O–H groups in total. The summed E-state index contributed by atoms with van der Waals surface area (Å²) in [7, 11) is 2.09. The lowest BCUT2D eigenvalue weighted by molar-refractivity contribution is 0.0706. The van der Waals surface area contributed by atoms with Crippen molar-refractivity contribution in [2.75, 3.05) is 13.6 Å². The van der Waals surface area contributed by atoms with E-state index < -0.39 is 5.91 Å². The van der Waals surface area contributed by atoms with Crippen LogP contribution in [0.1, 0.15) is 37.5 Å².